The van der Waals surface area contributed by atoms with Crippen LogP contribution < -0.4 is 16.0 Å². The lowest BCUT2D eigenvalue weighted by atomic mass is 10.3. The lowest BCUT2D eigenvalue weighted by Gasteiger charge is -2.06. The van der Waals surface area contributed by atoms with Crippen molar-refractivity contribution in [3.8, 4) is 0 Å². The zero-order chi connectivity index (χ0) is 8.27. The maximum atomic E-state index is 11.0. The Hall–Kier alpha value is -1.26. The average molecular weight is 157 g/mol. The maximum Gasteiger partial charge on any atom is 0.315 e. The van der Waals surface area contributed by atoms with Gasteiger partial charge in [-0.15, -0.1) is 0 Å². The Morgan fingerprint density at radius 2 is 2.55 bits per heavy atom. The monoisotopic (exact) mass is 157 g/mol. The smallest absolute Gasteiger partial charge is 0.315 e. The number of urea groups is 1. The van der Waals surface area contributed by atoms with Crippen LogP contribution in [0.15, 0.2) is 0 Å². The Balaban J connectivity index is 2.37. The molecule has 1 saturated heterocycles. The molecule has 0 aromatic heterocycles. The van der Waals surface area contributed by atoms with Crippen molar-refractivity contribution in [2.24, 2.45) is 0 Å². The second-order valence-electron chi connectivity index (χ2n) is 2.30. The van der Waals surface area contributed by atoms with Crippen molar-refractivity contribution in [2.75, 3.05) is 13.1 Å². The highest BCUT2D eigenvalue weighted by atomic mass is 16.2. The van der Waals surface area contributed by atoms with Gasteiger partial charge < -0.3 is 16.0 Å². The molecule has 5 nitrogen and oxygen atoms in total. The van der Waals surface area contributed by atoms with Gasteiger partial charge in [-0.05, 0) is 6.92 Å². The molecular weight excluding hydrogens is 146 g/mol. The number of hydrogen-bond acceptors (Lipinski definition) is 2. The van der Waals surface area contributed by atoms with Crippen molar-refractivity contribution < 1.29 is 9.59 Å². The van der Waals surface area contributed by atoms with Crippen LogP contribution in [0.5, 0.6) is 0 Å². The molecule has 0 unspecified atom stereocenters. The van der Waals surface area contributed by atoms with Crippen molar-refractivity contribution in [1.82, 2.24) is 16.0 Å². The van der Waals surface area contributed by atoms with Crippen LogP contribution in [0.3, 0.4) is 0 Å². The van der Waals surface area contributed by atoms with E-state index >= 15 is 0 Å². The normalized spacial score (nSPS) is 22.3. The molecule has 0 aromatic rings. The first-order valence-electron chi connectivity index (χ1n) is 3.56. The first-order chi connectivity index (χ1) is 5.24. The Morgan fingerprint density at radius 3 is 3.00 bits per heavy atom. The van der Waals surface area contributed by atoms with Gasteiger partial charge in [-0.25, -0.2) is 4.79 Å². The van der Waals surface area contributed by atoms with Gasteiger partial charge in [0.05, 0.1) is 0 Å². The highest BCUT2D eigenvalue weighted by Crippen LogP contribution is 1.89. The number of carbonyl (C=O) groups excluding carboxylic acids is 2. The van der Waals surface area contributed by atoms with Crippen LogP contribution in [0.2, 0.25) is 0 Å². The molecule has 1 heterocycles. The van der Waals surface area contributed by atoms with Crippen molar-refractivity contribution >= 4 is 11.9 Å². The van der Waals surface area contributed by atoms with Gasteiger partial charge in [-0.1, -0.05) is 0 Å². The Morgan fingerprint density at radius 1 is 1.82 bits per heavy atom. The summed E-state index contributed by atoms with van der Waals surface area (Å²) in [5.74, 6) is -0.133. The predicted octanol–water partition coefficient (Wildman–Crippen LogP) is -1.20. The van der Waals surface area contributed by atoms with Gasteiger partial charge in [0.25, 0.3) is 0 Å². The summed E-state index contributed by atoms with van der Waals surface area (Å²) in [6, 6.07) is -0.677. The van der Waals surface area contributed by atoms with Crippen molar-refractivity contribution in [2.45, 2.75) is 13.0 Å². The Kier molecular flexibility index (Phi) is 2.30. The van der Waals surface area contributed by atoms with Gasteiger partial charge in [0.2, 0.25) is 5.91 Å². The first-order valence-corrected chi connectivity index (χ1v) is 3.56. The second kappa shape index (κ2) is 3.23. The van der Waals surface area contributed by atoms with E-state index in [1.54, 1.807) is 0 Å². The van der Waals surface area contributed by atoms with Crippen LogP contribution in [0.1, 0.15) is 6.92 Å². The van der Waals surface area contributed by atoms with Gasteiger partial charge in [-0.2, -0.15) is 0 Å². The van der Waals surface area contributed by atoms with Crippen molar-refractivity contribution in [3.05, 3.63) is 0 Å². The van der Waals surface area contributed by atoms with Gasteiger partial charge in [-0.3, -0.25) is 4.79 Å². The fourth-order valence-electron chi connectivity index (χ4n) is 0.911. The summed E-state index contributed by atoms with van der Waals surface area (Å²) in [7, 11) is 0. The van der Waals surface area contributed by atoms with Gasteiger partial charge >= 0.3 is 6.03 Å². The molecule has 11 heavy (non-hydrogen) atoms. The third-order valence-electron chi connectivity index (χ3n) is 1.44. The Labute approximate surface area is 64.5 Å². The molecule has 3 N–H and O–H groups in total. The molecule has 0 aliphatic carbocycles. The number of likely N-dealkylation sites (N-methyl/N-ethyl adjacent to an activating group) is 1. The zero-order valence-corrected chi connectivity index (χ0v) is 6.31. The molecule has 5 heteroatoms. The van der Waals surface area contributed by atoms with Gasteiger partial charge in [0, 0.05) is 13.1 Å². The van der Waals surface area contributed by atoms with E-state index in [-0.39, 0.29) is 11.9 Å². The van der Waals surface area contributed by atoms with Crippen LogP contribution in [-0.2, 0) is 4.79 Å². The SMILES string of the molecule is CCNC(=O)[C@@H]1CNC(=O)N1. The molecule has 1 atom stereocenters. The maximum absolute atomic E-state index is 11.0. The summed E-state index contributed by atoms with van der Waals surface area (Å²) in [5.41, 5.74) is 0. The van der Waals surface area contributed by atoms with E-state index in [0.717, 1.165) is 0 Å². The molecule has 3 amide bonds. The molecule has 1 aliphatic heterocycles. The number of rotatable bonds is 2. The molecule has 0 spiro atoms. The fraction of sp³-hybridized carbons (Fsp3) is 0.667. The summed E-state index contributed by atoms with van der Waals surface area (Å²) >= 11 is 0. The first kappa shape index (κ1) is 7.84. The summed E-state index contributed by atoms with van der Waals surface area (Å²) in [6.07, 6.45) is 0. The van der Waals surface area contributed by atoms with E-state index < -0.39 is 6.04 Å². The standard InChI is InChI=1S/C6H11N3O2/c1-2-7-5(10)4-3-8-6(11)9-4/h4H,2-3H2,1H3,(H,7,10)(H2,8,9,11)/t4-/m0/s1. The Bertz CT molecular complexity index is 181. The van der Waals surface area contributed by atoms with Gasteiger partial charge in [0.15, 0.2) is 0 Å². The minimum Gasteiger partial charge on any atom is -0.355 e. The highest BCUT2D eigenvalue weighted by molar-refractivity contribution is 5.90. The van der Waals surface area contributed by atoms with E-state index in [2.05, 4.69) is 16.0 Å². The van der Waals surface area contributed by atoms with Crippen molar-refractivity contribution in [1.29, 1.82) is 0 Å². The average Bonchev–Trinajstić information content (AvgIpc) is 2.36. The third kappa shape index (κ3) is 1.83. The minimum atomic E-state index is -0.401. The van der Waals surface area contributed by atoms with E-state index in [0.29, 0.717) is 13.1 Å². The van der Waals surface area contributed by atoms with Crippen LogP contribution in [0.25, 0.3) is 0 Å². The summed E-state index contributed by atoms with van der Waals surface area (Å²) < 4.78 is 0. The predicted molar refractivity (Wildman–Crippen MR) is 39.0 cm³/mol. The fourth-order valence-corrected chi connectivity index (χ4v) is 0.911. The molecule has 0 bridgehead atoms. The van der Waals surface area contributed by atoms with Gasteiger partial charge in [0.1, 0.15) is 6.04 Å². The van der Waals surface area contributed by atoms with E-state index in [9.17, 15) is 9.59 Å². The topological polar surface area (TPSA) is 70.2 Å². The number of nitrogens with one attached hydrogen (secondary N) is 3. The van der Waals surface area contributed by atoms with E-state index in [1.165, 1.54) is 0 Å². The van der Waals surface area contributed by atoms with Crippen LogP contribution in [-0.4, -0.2) is 31.1 Å². The summed E-state index contributed by atoms with van der Waals surface area (Å²) in [5, 5.41) is 7.59. The molecule has 1 fully saturated rings. The number of amides is 3. The largest absolute Gasteiger partial charge is 0.355 e. The molecule has 1 rings (SSSR count). The van der Waals surface area contributed by atoms with Crippen molar-refractivity contribution in [3.63, 3.8) is 0 Å². The molecule has 1 aliphatic rings. The number of hydrogen-bond donors (Lipinski definition) is 3. The van der Waals surface area contributed by atoms with E-state index in [4.69, 9.17) is 0 Å². The molecule has 0 aromatic carbocycles. The lowest BCUT2D eigenvalue weighted by Crippen LogP contribution is -2.42. The zero-order valence-electron chi connectivity index (χ0n) is 6.31. The highest BCUT2D eigenvalue weighted by Gasteiger charge is 2.25. The number of carbonyl (C=O) groups is 2. The summed E-state index contributed by atoms with van der Waals surface area (Å²) in [6.45, 7) is 2.80. The molecule has 0 radical (unpaired) electrons. The molecular formula is C6H11N3O2. The summed E-state index contributed by atoms with van der Waals surface area (Å²) in [4.78, 5) is 21.6. The molecule has 62 valence electrons. The second-order valence-corrected chi connectivity index (χ2v) is 2.30. The lowest BCUT2D eigenvalue weighted by molar-refractivity contribution is -0.122. The van der Waals surface area contributed by atoms with E-state index in [1.807, 2.05) is 6.92 Å². The molecule has 0 saturated carbocycles. The van der Waals surface area contributed by atoms with Crippen LogP contribution in [0, 0.1) is 0 Å². The third-order valence-corrected chi connectivity index (χ3v) is 1.44. The van der Waals surface area contributed by atoms with Crippen LogP contribution in [0.4, 0.5) is 4.79 Å². The quantitative estimate of drug-likeness (QED) is 0.471. The van der Waals surface area contributed by atoms with Crippen LogP contribution >= 0.6 is 0 Å². The minimum absolute atomic E-state index is 0.133.